The Morgan fingerprint density at radius 3 is 2.93 bits per heavy atom. The van der Waals surface area contributed by atoms with Gasteiger partial charge in [0, 0.05) is 25.4 Å². The summed E-state index contributed by atoms with van der Waals surface area (Å²) in [7, 11) is 2.93. The Kier molecular flexibility index (Phi) is 5.80. The van der Waals surface area contributed by atoms with Crippen LogP contribution in [0.5, 0.6) is 5.75 Å². The molecule has 1 atom stereocenters. The van der Waals surface area contributed by atoms with Crippen molar-refractivity contribution in [2.24, 2.45) is 0 Å². The number of esters is 1. The molecule has 3 heterocycles. The molecule has 0 radical (unpaired) electrons. The zero-order chi connectivity index (χ0) is 21.1. The average molecular weight is 414 g/mol. The summed E-state index contributed by atoms with van der Waals surface area (Å²) in [6.07, 6.45) is 4.95. The zero-order valence-corrected chi connectivity index (χ0v) is 16.9. The summed E-state index contributed by atoms with van der Waals surface area (Å²) in [6.45, 7) is 1.58. The summed E-state index contributed by atoms with van der Waals surface area (Å²) >= 11 is 0. The van der Waals surface area contributed by atoms with Gasteiger partial charge < -0.3 is 19.1 Å². The minimum absolute atomic E-state index is 0.0994. The van der Waals surface area contributed by atoms with Gasteiger partial charge in [0.2, 0.25) is 0 Å². The molecular formula is C21H23FN4O4. The van der Waals surface area contributed by atoms with Crippen molar-refractivity contribution in [3.05, 3.63) is 53.6 Å². The van der Waals surface area contributed by atoms with Crippen LogP contribution in [0.3, 0.4) is 0 Å². The molecular weight excluding hydrogens is 391 g/mol. The van der Waals surface area contributed by atoms with E-state index in [1.165, 1.54) is 30.0 Å². The first-order valence-corrected chi connectivity index (χ1v) is 9.73. The first-order chi connectivity index (χ1) is 14.6. The molecule has 1 aromatic carbocycles. The number of methoxy groups -OCH3 is 2. The van der Waals surface area contributed by atoms with E-state index < -0.39 is 5.97 Å². The lowest BCUT2D eigenvalue weighted by Crippen LogP contribution is -2.24. The van der Waals surface area contributed by atoms with Crippen LogP contribution in [0.2, 0.25) is 0 Å². The maximum Gasteiger partial charge on any atom is 0.343 e. The lowest BCUT2D eigenvalue weighted by molar-refractivity contribution is 0.0602. The van der Waals surface area contributed by atoms with Crippen LogP contribution in [0, 0.1) is 5.82 Å². The molecule has 1 aliphatic heterocycles. The zero-order valence-electron chi connectivity index (χ0n) is 16.9. The number of ether oxygens (including phenoxy) is 3. The van der Waals surface area contributed by atoms with Gasteiger partial charge in [-0.15, -0.1) is 0 Å². The minimum atomic E-state index is -0.494. The normalized spacial score (nSPS) is 16.2. The van der Waals surface area contributed by atoms with Crippen molar-refractivity contribution in [1.29, 1.82) is 0 Å². The molecule has 1 fully saturated rings. The van der Waals surface area contributed by atoms with E-state index in [2.05, 4.69) is 15.0 Å². The fourth-order valence-electron chi connectivity index (χ4n) is 3.78. The molecule has 3 aromatic rings. The standard InChI is InChI=1S/C21H23FN4O4/c1-28-10-11-30-18-6-5-14(22)12-15(18)17-4-3-8-25(17)19-7-9-26-20(24-19)16(13-23-26)21(27)29-2/h5-7,9,12-13,17H,3-4,8,10-11H2,1-2H3/t17-/m1/s1. The molecule has 158 valence electrons. The maximum absolute atomic E-state index is 14.1. The van der Waals surface area contributed by atoms with Gasteiger partial charge in [0.25, 0.3) is 0 Å². The fraction of sp³-hybridized carbons (Fsp3) is 0.381. The highest BCUT2D eigenvalue weighted by Gasteiger charge is 2.30. The van der Waals surface area contributed by atoms with E-state index in [-0.39, 0.29) is 11.9 Å². The predicted molar refractivity (Wildman–Crippen MR) is 107 cm³/mol. The molecule has 4 rings (SSSR count). The monoisotopic (exact) mass is 414 g/mol. The molecule has 30 heavy (non-hydrogen) atoms. The molecule has 1 saturated heterocycles. The summed E-state index contributed by atoms with van der Waals surface area (Å²) in [5.41, 5.74) is 1.48. The quantitative estimate of drug-likeness (QED) is 0.434. The predicted octanol–water partition coefficient (Wildman–Crippen LogP) is 3.02. The molecule has 0 N–H and O–H groups in total. The van der Waals surface area contributed by atoms with E-state index in [1.54, 1.807) is 19.4 Å². The maximum atomic E-state index is 14.1. The van der Waals surface area contributed by atoms with Crippen LogP contribution < -0.4 is 9.64 Å². The van der Waals surface area contributed by atoms with Gasteiger partial charge in [-0.2, -0.15) is 5.10 Å². The smallest absolute Gasteiger partial charge is 0.343 e. The first-order valence-electron chi connectivity index (χ1n) is 9.73. The van der Waals surface area contributed by atoms with Gasteiger partial charge in [0.1, 0.15) is 29.6 Å². The van der Waals surface area contributed by atoms with Crippen LogP contribution in [0.25, 0.3) is 5.65 Å². The summed E-state index contributed by atoms with van der Waals surface area (Å²) in [5, 5.41) is 4.15. The summed E-state index contributed by atoms with van der Waals surface area (Å²) < 4.78 is 31.3. The van der Waals surface area contributed by atoms with Crippen molar-refractivity contribution in [1.82, 2.24) is 14.6 Å². The third kappa shape index (κ3) is 3.80. The molecule has 8 nitrogen and oxygen atoms in total. The second-order valence-corrected chi connectivity index (χ2v) is 6.98. The number of carbonyl (C=O) groups is 1. The molecule has 9 heteroatoms. The Hall–Kier alpha value is -3.20. The van der Waals surface area contributed by atoms with Crippen molar-refractivity contribution in [3.63, 3.8) is 0 Å². The molecule has 0 unspecified atom stereocenters. The second kappa shape index (κ2) is 8.66. The van der Waals surface area contributed by atoms with Crippen LogP contribution in [-0.2, 0) is 9.47 Å². The molecule has 1 aliphatic rings. The van der Waals surface area contributed by atoms with Crippen LogP contribution in [0.1, 0.15) is 34.8 Å². The molecule has 0 aliphatic carbocycles. The number of hydrogen-bond acceptors (Lipinski definition) is 7. The van der Waals surface area contributed by atoms with Gasteiger partial charge >= 0.3 is 5.97 Å². The number of anilines is 1. The Labute approximate surface area is 173 Å². The Bertz CT molecular complexity index is 1050. The van der Waals surface area contributed by atoms with E-state index in [9.17, 15) is 9.18 Å². The number of aromatic nitrogens is 3. The number of hydrogen-bond donors (Lipinski definition) is 0. The Morgan fingerprint density at radius 1 is 1.27 bits per heavy atom. The number of nitrogens with zero attached hydrogens (tertiary/aromatic N) is 4. The number of carbonyl (C=O) groups excluding carboxylic acids is 1. The average Bonchev–Trinajstić information content (AvgIpc) is 3.41. The molecule has 2 aromatic heterocycles. The van der Waals surface area contributed by atoms with Crippen LogP contribution in [0.15, 0.2) is 36.7 Å². The van der Waals surface area contributed by atoms with Gasteiger partial charge in [-0.05, 0) is 37.1 Å². The van der Waals surface area contributed by atoms with Crippen molar-refractivity contribution in [2.75, 3.05) is 38.9 Å². The highest BCUT2D eigenvalue weighted by molar-refractivity contribution is 5.95. The Balaban J connectivity index is 1.69. The molecule has 0 spiro atoms. The largest absolute Gasteiger partial charge is 0.491 e. The van der Waals surface area contributed by atoms with E-state index in [0.29, 0.717) is 36.0 Å². The number of benzene rings is 1. The van der Waals surface area contributed by atoms with Crippen LogP contribution in [-0.4, -0.2) is 54.5 Å². The molecule has 0 saturated carbocycles. The molecule has 0 amide bonds. The topological polar surface area (TPSA) is 78.2 Å². The highest BCUT2D eigenvalue weighted by Crippen LogP contribution is 2.39. The SMILES string of the molecule is COCCOc1ccc(F)cc1[C@H]1CCCN1c1ccn2ncc(C(=O)OC)c2n1. The summed E-state index contributed by atoms with van der Waals surface area (Å²) in [6, 6.07) is 6.30. The van der Waals surface area contributed by atoms with Crippen molar-refractivity contribution in [3.8, 4) is 5.75 Å². The number of halogens is 1. The van der Waals surface area contributed by atoms with Crippen molar-refractivity contribution < 1.29 is 23.4 Å². The summed E-state index contributed by atoms with van der Waals surface area (Å²) in [5.74, 6) is 0.503. The lowest BCUT2D eigenvalue weighted by atomic mass is 10.0. The van der Waals surface area contributed by atoms with Gasteiger partial charge in [-0.3, -0.25) is 0 Å². The first kappa shape index (κ1) is 20.1. The minimum Gasteiger partial charge on any atom is -0.491 e. The van der Waals surface area contributed by atoms with E-state index in [4.69, 9.17) is 14.2 Å². The number of fused-ring (bicyclic) bond motifs is 1. The van der Waals surface area contributed by atoms with Crippen LogP contribution in [0.4, 0.5) is 10.2 Å². The summed E-state index contributed by atoms with van der Waals surface area (Å²) in [4.78, 5) is 18.8. The van der Waals surface area contributed by atoms with Crippen molar-refractivity contribution >= 4 is 17.4 Å². The van der Waals surface area contributed by atoms with Gasteiger partial charge in [0.05, 0.1) is 26.0 Å². The molecule has 0 bridgehead atoms. The highest BCUT2D eigenvalue weighted by atomic mass is 19.1. The number of rotatable bonds is 7. The van der Waals surface area contributed by atoms with E-state index in [0.717, 1.165) is 24.9 Å². The van der Waals surface area contributed by atoms with E-state index in [1.807, 2.05) is 6.07 Å². The third-order valence-electron chi connectivity index (χ3n) is 5.18. The fourth-order valence-corrected chi connectivity index (χ4v) is 3.78. The van der Waals surface area contributed by atoms with E-state index >= 15 is 0 Å². The van der Waals surface area contributed by atoms with Crippen molar-refractivity contribution in [2.45, 2.75) is 18.9 Å². The lowest BCUT2D eigenvalue weighted by Gasteiger charge is -2.27. The second-order valence-electron chi connectivity index (χ2n) is 6.98. The third-order valence-corrected chi connectivity index (χ3v) is 5.18. The Morgan fingerprint density at radius 2 is 2.13 bits per heavy atom. The van der Waals surface area contributed by atoms with Gasteiger partial charge in [0.15, 0.2) is 5.65 Å². The van der Waals surface area contributed by atoms with Gasteiger partial charge in [-0.1, -0.05) is 0 Å². The van der Waals surface area contributed by atoms with Gasteiger partial charge in [-0.25, -0.2) is 18.7 Å². The van der Waals surface area contributed by atoms with Crippen LogP contribution >= 0.6 is 0 Å².